The smallest absolute Gasteiger partial charge is 0.129 e. The topological polar surface area (TPSA) is 4.93 Å². The van der Waals surface area contributed by atoms with E-state index in [1.165, 1.54) is 16.5 Å². The summed E-state index contributed by atoms with van der Waals surface area (Å²) < 4.78 is 2.21. The molecule has 2 aromatic rings. The Kier molecular flexibility index (Phi) is 2.88. The largest absolute Gasteiger partial charge is 0.337 e. The van der Waals surface area contributed by atoms with Gasteiger partial charge in [-0.3, -0.25) is 0 Å². The van der Waals surface area contributed by atoms with Crippen molar-refractivity contribution in [3.05, 3.63) is 35.5 Å². The zero-order chi connectivity index (χ0) is 12.6. The summed E-state index contributed by atoms with van der Waals surface area (Å²) in [4.78, 5) is 0. The molecule has 0 aliphatic heterocycles. The first-order valence-corrected chi connectivity index (χ1v) is 9.47. The average molecular weight is 241 g/mol. The normalized spacial score (nSPS) is 11.4. The molecule has 1 aromatic heterocycles. The molecule has 0 saturated carbocycles. The van der Waals surface area contributed by atoms with Gasteiger partial charge in [-0.15, -0.1) is 5.54 Å². The monoisotopic (exact) mass is 241 g/mol. The van der Waals surface area contributed by atoms with E-state index in [0.29, 0.717) is 0 Å². The van der Waals surface area contributed by atoms with Crippen molar-refractivity contribution in [3.63, 3.8) is 0 Å². The third-order valence-electron chi connectivity index (χ3n) is 2.92. The number of aryl methyl sites for hydroxylation is 2. The van der Waals surface area contributed by atoms with Crippen molar-refractivity contribution in [2.75, 3.05) is 0 Å². The van der Waals surface area contributed by atoms with Crippen molar-refractivity contribution in [1.82, 2.24) is 4.57 Å². The van der Waals surface area contributed by atoms with Crippen LogP contribution < -0.4 is 0 Å². The fourth-order valence-electron chi connectivity index (χ4n) is 2.01. The Hall–Kier alpha value is -1.46. The van der Waals surface area contributed by atoms with E-state index >= 15 is 0 Å². The summed E-state index contributed by atoms with van der Waals surface area (Å²) in [5, 5.41) is 1.31. The second-order valence-electron chi connectivity index (χ2n) is 5.55. The van der Waals surface area contributed by atoms with Gasteiger partial charge in [0.2, 0.25) is 0 Å². The van der Waals surface area contributed by atoms with Gasteiger partial charge in [-0.25, -0.2) is 0 Å². The number of hydrogen-bond donors (Lipinski definition) is 0. The minimum atomic E-state index is -1.31. The Morgan fingerprint density at radius 3 is 2.35 bits per heavy atom. The molecule has 1 nitrogen and oxygen atoms in total. The second kappa shape index (κ2) is 4.08. The molecule has 0 spiro atoms. The van der Waals surface area contributed by atoms with Crippen molar-refractivity contribution in [2.24, 2.45) is 7.05 Å². The fourth-order valence-corrected chi connectivity index (χ4v) is 2.50. The first-order valence-electron chi connectivity index (χ1n) is 5.97. The Labute approximate surface area is 104 Å². The molecule has 0 radical (unpaired) electrons. The quantitative estimate of drug-likeness (QED) is 0.489. The number of nitrogens with zero attached hydrogens (tertiary/aromatic N) is 1. The molecule has 88 valence electrons. The zero-order valence-electron chi connectivity index (χ0n) is 11.3. The van der Waals surface area contributed by atoms with E-state index in [0.717, 1.165) is 5.69 Å². The zero-order valence-corrected chi connectivity index (χ0v) is 12.3. The Balaban J connectivity index is 2.66. The van der Waals surface area contributed by atoms with Crippen LogP contribution in [0.1, 0.15) is 11.3 Å². The van der Waals surface area contributed by atoms with Gasteiger partial charge >= 0.3 is 0 Å². The first-order chi connectivity index (χ1) is 7.90. The molecule has 0 aliphatic rings. The molecular formula is C15H19NSi. The molecule has 1 heterocycles. The van der Waals surface area contributed by atoms with Crippen molar-refractivity contribution >= 4 is 19.0 Å². The van der Waals surface area contributed by atoms with Crippen molar-refractivity contribution in [3.8, 4) is 11.5 Å². The Bertz CT molecular complexity index is 579. The predicted molar refractivity (Wildman–Crippen MR) is 77.9 cm³/mol. The van der Waals surface area contributed by atoms with Crippen LogP contribution in [0.5, 0.6) is 0 Å². The Morgan fingerprint density at radius 2 is 1.76 bits per heavy atom. The number of aromatic nitrogens is 1. The van der Waals surface area contributed by atoms with E-state index in [1.807, 2.05) is 0 Å². The molecule has 0 amide bonds. The van der Waals surface area contributed by atoms with Crippen LogP contribution in [0.2, 0.25) is 19.6 Å². The SMILES string of the molecule is Cc1c(C#C[Si](C)(C)C)n(C)c2ccccc12. The van der Waals surface area contributed by atoms with Gasteiger partial charge < -0.3 is 4.57 Å². The standard InChI is InChI=1S/C15H19NSi/c1-12-13-8-6-7-9-15(13)16(2)14(12)10-11-17(3,4)5/h6-9H,1-5H3. The summed E-state index contributed by atoms with van der Waals surface area (Å²) in [5.74, 6) is 3.39. The lowest BCUT2D eigenvalue weighted by molar-refractivity contribution is 0.945. The highest BCUT2D eigenvalue weighted by molar-refractivity contribution is 6.83. The number of rotatable bonds is 0. The molecule has 0 bridgehead atoms. The van der Waals surface area contributed by atoms with E-state index in [-0.39, 0.29) is 0 Å². The van der Waals surface area contributed by atoms with E-state index in [1.54, 1.807) is 0 Å². The molecule has 0 unspecified atom stereocenters. The van der Waals surface area contributed by atoms with Crippen LogP contribution in [0.3, 0.4) is 0 Å². The van der Waals surface area contributed by atoms with Crippen molar-refractivity contribution < 1.29 is 0 Å². The summed E-state index contributed by atoms with van der Waals surface area (Å²) in [6.45, 7) is 8.99. The highest BCUT2D eigenvalue weighted by atomic mass is 28.3. The third kappa shape index (κ3) is 2.30. The molecule has 0 atom stereocenters. The highest BCUT2D eigenvalue weighted by Gasteiger charge is 2.11. The molecule has 2 rings (SSSR count). The van der Waals surface area contributed by atoms with Gasteiger partial charge in [0.05, 0.1) is 5.69 Å². The van der Waals surface area contributed by atoms with Gasteiger partial charge in [0.25, 0.3) is 0 Å². The van der Waals surface area contributed by atoms with Gasteiger partial charge in [-0.1, -0.05) is 43.8 Å². The van der Waals surface area contributed by atoms with Crippen LogP contribution in [0.15, 0.2) is 24.3 Å². The summed E-state index contributed by atoms with van der Waals surface area (Å²) in [7, 11) is 0.792. The maximum absolute atomic E-state index is 3.45. The summed E-state index contributed by atoms with van der Waals surface area (Å²) in [6, 6.07) is 8.49. The van der Waals surface area contributed by atoms with Gasteiger partial charge in [-0.05, 0) is 18.6 Å². The molecule has 17 heavy (non-hydrogen) atoms. The van der Waals surface area contributed by atoms with Crippen LogP contribution in [-0.4, -0.2) is 12.6 Å². The van der Waals surface area contributed by atoms with E-state index in [4.69, 9.17) is 0 Å². The number of para-hydroxylation sites is 1. The minimum Gasteiger partial charge on any atom is -0.337 e. The van der Waals surface area contributed by atoms with Gasteiger partial charge in [0.1, 0.15) is 8.07 Å². The summed E-state index contributed by atoms with van der Waals surface area (Å²) in [6.07, 6.45) is 0. The number of hydrogen-bond acceptors (Lipinski definition) is 0. The third-order valence-corrected chi connectivity index (χ3v) is 3.79. The molecule has 0 fully saturated rings. The highest BCUT2D eigenvalue weighted by Crippen LogP contribution is 2.23. The average Bonchev–Trinajstić information content (AvgIpc) is 2.49. The lowest BCUT2D eigenvalue weighted by atomic mass is 10.1. The Morgan fingerprint density at radius 1 is 1.12 bits per heavy atom. The number of benzene rings is 1. The van der Waals surface area contributed by atoms with Gasteiger partial charge in [-0.2, -0.15) is 0 Å². The lowest BCUT2D eigenvalue weighted by Crippen LogP contribution is -2.16. The first kappa shape index (κ1) is 12.0. The van der Waals surface area contributed by atoms with Crippen LogP contribution in [-0.2, 0) is 7.05 Å². The maximum atomic E-state index is 3.45. The van der Waals surface area contributed by atoms with Gasteiger partial charge in [0, 0.05) is 18.0 Å². The van der Waals surface area contributed by atoms with E-state index in [9.17, 15) is 0 Å². The van der Waals surface area contributed by atoms with Crippen LogP contribution in [0.25, 0.3) is 10.9 Å². The van der Waals surface area contributed by atoms with Crippen LogP contribution in [0.4, 0.5) is 0 Å². The second-order valence-corrected chi connectivity index (χ2v) is 10.3. The number of fused-ring (bicyclic) bond motifs is 1. The summed E-state index contributed by atoms with van der Waals surface area (Å²) >= 11 is 0. The predicted octanol–water partition coefficient (Wildman–Crippen LogP) is 3.72. The maximum Gasteiger partial charge on any atom is 0.129 e. The van der Waals surface area contributed by atoms with E-state index in [2.05, 4.69) is 73.9 Å². The lowest BCUT2D eigenvalue weighted by Gasteiger charge is -2.04. The molecule has 0 saturated heterocycles. The fraction of sp³-hybridized carbons (Fsp3) is 0.333. The summed E-state index contributed by atoms with van der Waals surface area (Å²) in [5.41, 5.74) is 7.18. The molecule has 1 aromatic carbocycles. The molecule has 2 heteroatoms. The van der Waals surface area contributed by atoms with E-state index < -0.39 is 8.07 Å². The van der Waals surface area contributed by atoms with Gasteiger partial charge in [0.15, 0.2) is 0 Å². The molecule has 0 aliphatic carbocycles. The van der Waals surface area contributed by atoms with Crippen LogP contribution in [0, 0.1) is 18.4 Å². The molecular weight excluding hydrogens is 222 g/mol. The van der Waals surface area contributed by atoms with Crippen molar-refractivity contribution in [2.45, 2.75) is 26.6 Å². The van der Waals surface area contributed by atoms with Crippen LogP contribution >= 0.6 is 0 Å². The minimum absolute atomic E-state index is 1.16. The molecule has 0 N–H and O–H groups in total. The van der Waals surface area contributed by atoms with Crippen molar-refractivity contribution in [1.29, 1.82) is 0 Å².